The molecule has 1 aromatic heterocycles. The second-order valence-electron chi connectivity index (χ2n) is 4.32. The van der Waals surface area contributed by atoms with Gasteiger partial charge in [-0.15, -0.1) is 0 Å². The van der Waals surface area contributed by atoms with Gasteiger partial charge in [0.15, 0.2) is 0 Å². The van der Waals surface area contributed by atoms with E-state index in [9.17, 15) is 0 Å². The minimum absolute atomic E-state index is 0.588. The maximum absolute atomic E-state index is 6.03. The summed E-state index contributed by atoms with van der Waals surface area (Å²) in [7, 11) is 0. The molecule has 0 aliphatic carbocycles. The summed E-state index contributed by atoms with van der Waals surface area (Å²) in [6.07, 6.45) is 2.34. The number of H-pyrrole nitrogens is 1. The van der Waals surface area contributed by atoms with Crippen LogP contribution in [0.4, 0.5) is 0 Å². The first-order chi connectivity index (χ1) is 7.84. The monoisotopic (exact) mass is 235 g/mol. The molecule has 84 valence electrons. The topological polar surface area (TPSA) is 40.7 Å². The van der Waals surface area contributed by atoms with Gasteiger partial charge in [0, 0.05) is 22.0 Å². The van der Waals surface area contributed by atoms with Crippen LogP contribution in [0.1, 0.15) is 24.5 Å². The van der Waals surface area contributed by atoms with Crippen molar-refractivity contribution in [2.45, 2.75) is 18.8 Å². The number of rotatable bonds is 1. The van der Waals surface area contributed by atoms with Crippen molar-refractivity contribution >= 4 is 22.5 Å². The van der Waals surface area contributed by atoms with Crippen LogP contribution in [0.2, 0.25) is 5.02 Å². The first kappa shape index (κ1) is 10.1. The molecule has 16 heavy (non-hydrogen) atoms. The third-order valence-electron chi connectivity index (χ3n) is 3.29. The van der Waals surface area contributed by atoms with E-state index in [1.54, 1.807) is 0 Å². The van der Waals surface area contributed by atoms with E-state index in [0.29, 0.717) is 5.92 Å². The molecule has 0 radical (unpaired) electrons. The van der Waals surface area contributed by atoms with Gasteiger partial charge in [-0.1, -0.05) is 11.6 Å². The zero-order valence-corrected chi connectivity index (χ0v) is 9.72. The summed E-state index contributed by atoms with van der Waals surface area (Å²) in [6.45, 7) is 2.18. The molecule has 3 rings (SSSR count). The molecule has 1 saturated heterocycles. The molecule has 1 fully saturated rings. The van der Waals surface area contributed by atoms with Gasteiger partial charge in [0.05, 0.1) is 5.52 Å². The molecular formula is C12H14ClN3. The Labute approximate surface area is 99.2 Å². The van der Waals surface area contributed by atoms with E-state index in [4.69, 9.17) is 11.6 Å². The Kier molecular flexibility index (Phi) is 2.58. The van der Waals surface area contributed by atoms with Crippen LogP contribution in [-0.4, -0.2) is 23.3 Å². The van der Waals surface area contributed by atoms with Gasteiger partial charge in [0.2, 0.25) is 0 Å². The molecule has 0 amide bonds. The number of nitrogens with one attached hydrogen (secondary N) is 2. The fraction of sp³-hybridized carbons (Fsp3) is 0.417. The SMILES string of the molecule is Clc1ccc2n[nH]c(C3CCNCC3)c2c1. The quantitative estimate of drug-likeness (QED) is 0.798. The largest absolute Gasteiger partial charge is 0.317 e. The van der Waals surface area contributed by atoms with Crippen molar-refractivity contribution in [3.8, 4) is 0 Å². The Morgan fingerprint density at radius 3 is 2.88 bits per heavy atom. The van der Waals surface area contributed by atoms with Crippen LogP contribution in [0.25, 0.3) is 10.9 Å². The lowest BCUT2D eigenvalue weighted by Crippen LogP contribution is -2.26. The third kappa shape index (κ3) is 1.70. The van der Waals surface area contributed by atoms with E-state index in [1.165, 1.54) is 23.9 Å². The number of hydrogen-bond acceptors (Lipinski definition) is 2. The van der Waals surface area contributed by atoms with Crippen LogP contribution < -0.4 is 5.32 Å². The highest BCUT2D eigenvalue weighted by Gasteiger charge is 2.19. The molecule has 1 aliphatic heterocycles. The lowest BCUT2D eigenvalue weighted by molar-refractivity contribution is 0.454. The average Bonchev–Trinajstić information content (AvgIpc) is 2.73. The van der Waals surface area contributed by atoms with Crippen molar-refractivity contribution in [2.24, 2.45) is 0 Å². The lowest BCUT2D eigenvalue weighted by atomic mass is 9.93. The van der Waals surface area contributed by atoms with Gasteiger partial charge < -0.3 is 5.32 Å². The molecule has 1 aromatic carbocycles. The van der Waals surface area contributed by atoms with Crippen molar-refractivity contribution in [1.82, 2.24) is 15.5 Å². The standard InChI is InChI=1S/C12H14ClN3/c13-9-1-2-11-10(7-9)12(16-15-11)8-3-5-14-6-4-8/h1-2,7-8,14H,3-6H2,(H,15,16). The summed E-state index contributed by atoms with van der Waals surface area (Å²) < 4.78 is 0. The highest BCUT2D eigenvalue weighted by molar-refractivity contribution is 6.31. The smallest absolute Gasteiger partial charge is 0.0924 e. The summed E-state index contributed by atoms with van der Waals surface area (Å²) in [5, 5.41) is 12.8. The molecule has 0 saturated carbocycles. The van der Waals surface area contributed by atoms with Crippen LogP contribution in [0, 0.1) is 0 Å². The van der Waals surface area contributed by atoms with Crippen molar-refractivity contribution in [2.75, 3.05) is 13.1 Å². The fourth-order valence-corrected chi connectivity index (χ4v) is 2.60. The Hall–Kier alpha value is -1.06. The van der Waals surface area contributed by atoms with Gasteiger partial charge in [-0.2, -0.15) is 5.10 Å². The molecule has 2 N–H and O–H groups in total. The zero-order valence-electron chi connectivity index (χ0n) is 8.96. The molecule has 0 bridgehead atoms. The molecular weight excluding hydrogens is 222 g/mol. The van der Waals surface area contributed by atoms with E-state index in [0.717, 1.165) is 23.6 Å². The molecule has 2 heterocycles. The van der Waals surface area contributed by atoms with Crippen molar-refractivity contribution in [3.63, 3.8) is 0 Å². The summed E-state index contributed by atoms with van der Waals surface area (Å²) in [5.41, 5.74) is 2.26. The van der Waals surface area contributed by atoms with E-state index in [1.807, 2.05) is 18.2 Å². The number of nitrogens with zero attached hydrogens (tertiary/aromatic N) is 1. The predicted molar refractivity (Wildman–Crippen MR) is 65.9 cm³/mol. The number of halogens is 1. The lowest BCUT2D eigenvalue weighted by Gasteiger charge is -2.21. The average molecular weight is 236 g/mol. The first-order valence-electron chi connectivity index (χ1n) is 5.69. The Bertz CT molecular complexity index is 500. The normalized spacial score (nSPS) is 18.1. The number of benzene rings is 1. The predicted octanol–water partition coefficient (Wildman–Crippen LogP) is 2.68. The number of aromatic amines is 1. The van der Waals surface area contributed by atoms with E-state index in [-0.39, 0.29) is 0 Å². The number of hydrogen-bond donors (Lipinski definition) is 2. The maximum atomic E-state index is 6.03. The Morgan fingerprint density at radius 2 is 2.06 bits per heavy atom. The number of aromatic nitrogens is 2. The van der Waals surface area contributed by atoms with E-state index in [2.05, 4.69) is 15.5 Å². The van der Waals surface area contributed by atoms with Gasteiger partial charge in [0.1, 0.15) is 0 Å². The molecule has 0 atom stereocenters. The van der Waals surface area contributed by atoms with Gasteiger partial charge in [-0.3, -0.25) is 5.10 Å². The minimum Gasteiger partial charge on any atom is -0.317 e. The van der Waals surface area contributed by atoms with Gasteiger partial charge >= 0.3 is 0 Å². The zero-order chi connectivity index (χ0) is 11.0. The summed E-state index contributed by atoms with van der Waals surface area (Å²) in [5.74, 6) is 0.588. The van der Waals surface area contributed by atoms with Crippen LogP contribution in [0.3, 0.4) is 0 Å². The van der Waals surface area contributed by atoms with Crippen molar-refractivity contribution < 1.29 is 0 Å². The minimum atomic E-state index is 0.588. The maximum Gasteiger partial charge on any atom is 0.0924 e. The van der Waals surface area contributed by atoms with E-state index >= 15 is 0 Å². The number of fused-ring (bicyclic) bond motifs is 1. The van der Waals surface area contributed by atoms with Gasteiger partial charge in [-0.25, -0.2) is 0 Å². The molecule has 0 spiro atoms. The Morgan fingerprint density at radius 1 is 1.25 bits per heavy atom. The number of piperidine rings is 1. The molecule has 4 heteroatoms. The van der Waals surface area contributed by atoms with Crippen LogP contribution in [0.5, 0.6) is 0 Å². The second kappa shape index (κ2) is 4.07. The second-order valence-corrected chi connectivity index (χ2v) is 4.76. The first-order valence-corrected chi connectivity index (χ1v) is 6.06. The fourth-order valence-electron chi connectivity index (χ4n) is 2.42. The third-order valence-corrected chi connectivity index (χ3v) is 3.53. The molecule has 2 aromatic rings. The van der Waals surface area contributed by atoms with Crippen LogP contribution in [-0.2, 0) is 0 Å². The Balaban J connectivity index is 2.05. The van der Waals surface area contributed by atoms with Gasteiger partial charge in [0.25, 0.3) is 0 Å². The summed E-state index contributed by atoms with van der Waals surface area (Å²) in [4.78, 5) is 0. The van der Waals surface area contributed by atoms with Crippen LogP contribution >= 0.6 is 11.6 Å². The summed E-state index contributed by atoms with van der Waals surface area (Å²) in [6, 6.07) is 5.87. The van der Waals surface area contributed by atoms with Crippen molar-refractivity contribution in [1.29, 1.82) is 0 Å². The highest BCUT2D eigenvalue weighted by atomic mass is 35.5. The van der Waals surface area contributed by atoms with Crippen LogP contribution in [0.15, 0.2) is 18.2 Å². The molecule has 3 nitrogen and oxygen atoms in total. The molecule has 1 aliphatic rings. The highest BCUT2D eigenvalue weighted by Crippen LogP contribution is 2.30. The van der Waals surface area contributed by atoms with Gasteiger partial charge in [-0.05, 0) is 44.1 Å². The summed E-state index contributed by atoms with van der Waals surface area (Å²) >= 11 is 6.03. The van der Waals surface area contributed by atoms with Crippen molar-refractivity contribution in [3.05, 3.63) is 28.9 Å². The molecule has 0 unspecified atom stereocenters. The van der Waals surface area contributed by atoms with E-state index < -0.39 is 0 Å².